The molecule has 1 unspecified atom stereocenters. The van der Waals surface area contributed by atoms with Crippen molar-refractivity contribution in [3.05, 3.63) is 95.6 Å². The van der Waals surface area contributed by atoms with Gasteiger partial charge in [0.2, 0.25) is 9.04 Å². The maximum atomic E-state index is 9.16. The van der Waals surface area contributed by atoms with Gasteiger partial charge < -0.3 is 14.6 Å². The Morgan fingerprint density at radius 3 is 1.61 bits per heavy atom. The number of aliphatic hydroxyl groups excluding tert-OH is 2. The number of benzene rings is 3. The molecule has 1 atom stereocenters. The van der Waals surface area contributed by atoms with Crippen molar-refractivity contribution in [3.63, 3.8) is 0 Å². The van der Waals surface area contributed by atoms with Crippen LogP contribution in [0.4, 0.5) is 0 Å². The molecule has 0 saturated carbocycles. The number of hydrogen-bond donors (Lipinski definition) is 2. The van der Waals surface area contributed by atoms with Gasteiger partial charge >= 0.3 is 0 Å². The maximum absolute atomic E-state index is 9.16. The zero-order valence-corrected chi connectivity index (χ0v) is 20.5. The third-order valence-electron chi connectivity index (χ3n) is 5.15. The Morgan fingerprint density at radius 1 is 0.758 bits per heavy atom. The normalized spacial score (nSPS) is 11.8. The third kappa shape index (κ3) is 6.93. The monoisotopic (exact) mass is 454 g/mol. The Balaban J connectivity index is 2.11. The molecule has 0 spiro atoms. The molecule has 0 bridgehead atoms. The van der Waals surface area contributed by atoms with Crippen LogP contribution in [0, 0.1) is 29.1 Å². The lowest BCUT2D eigenvalue weighted by atomic mass is 9.84. The van der Waals surface area contributed by atoms with Crippen LogP contribution < -0.4 is 10.4 Å². The lowest BCUT2D eigenvalue weighted by Crippen LogP contribution is -2.47. The van der Waals surface area contributed by atoms with Gasteiger partial charge in [-0.3, -0.25) is 0 Å². The summed E-state index contributed by atoms with van der Waals surface area (Å²) in [5.74, 6) is 11.4. The van der Waals surface area contributed by atoms with Crippen LogP contribution in [0.15, 0.2) is 78.9 Å². The van der Waals surface area contributed by atoms with E-state index in [0.29, 0.717) is 0 Å². The molecular formula is C29H30O3Si. The summed E-state index contributed by atoms with van der Waals surface area (Å²) in [5.41, 5.74) is 2.32. The van der Waals surface area contributed by atoms with Gasteiger partial charge in [0, 0.05) is 11.1 Å². The standard InChI is InChI=1S/C29H30O3Si/c1-29(2,3)28(25-21-23(12-10-18-30)20-24(22-25)13-11-19-31)32-33(26-14-6-4-7-15-26)27-16-8-5-9-17-27/h4-9,14-17,20-22,28,30-31,33H,18-19H2,1-3H3. The second-order valence-corrected chi connectivity index (χ2v) is 11.2. The molecule has 3 rings (SSSR count). The van der Waals surface area contributed by atoms with Crippen molar-refractivity contribution in [1.82, 2.24) is 0 Å². The van der Waals surface area contributed by atoms with Crippen molar-refractivity contribution in [2.24, 2.45) is 5.41 Å². The van der Waals surface area contributed by atoms with Crippen molar-refractivity contribution in [1.29, 1.82) is 0 Å². The van der Waals surface area contributed by atoms with Crippen molar-refractivity contribution >= 4 is 19.4 Å². The second kappa shape index (κ2) is 11.7. The van der Waals surface area contributed by atoms with Crippen LogP contribution in [0.2, 0.25) is 0 Å². The predicted molar refractivity (Wildman–Crippen MR) is 137 cm³/mol. The van der Waals surface area contributed by atoms with E-state index in [9.17, 15) is 0 Å². The summed E-state index contributed by atoms with van der Waals surface area (Å²) in [6.07, 6.45) is -0.208. The molecule has 0 amide bonds. The molecule has 0 aliphatic carbocycles. The van der Waals surface area contributed by atoms with E-state index in [0.717, 1.165) is 16.7 Å². The summed E-state index contributed by atoms with van der Waals surface area (Å²) in [5, 5.41) is 20.8. The first kappa shape index (κ1) is 24.5. The van der Waals surface area contributed by atoms with E-state index in [-0.39, 0.29) is 24.7 Å². The number of aliphatic hydroxyl groups is 2. The van der Waals surface area contributed by atoms with E-state index in [1.165, 1.54) is 10.4 Å². The Morgan fingerprint density at radius 2 is 1.21 bits per heavy atom. The summed E-state index contributed by atoms with van der Waals surface area (Å²) in [6.45, 7) is 6.09. The van der Waals surface area contributed by atoms with Gasteiger partial charge in [-0.2, -0.15) is 0 Å². The van der Waals surface area contributed by atoms with Crippen molar-refractivity contribution in [2.75, 3.05) is 13.2 Å². The third-order valence-corrected chi connectivity index (χ3v) is 7.67. The van der Waals surface area contributed by atoms with E-state index in [1.807, 2.05) is 30.3 Å². The molecule has 4 heteroatoms. The van der Waals surface area contributed by atoms with Gasteiger partial charge in [0.05, 0.1) is 6.10 Å². The Bertz CT molecular complexity index is 1080. The molecular weight excluding hydrogens is 424 g/mol. The van der Waals surface area contributed by atoms with Crippen LogP contribution in [-0.4, -0.2) is 32.5 Å². The molecule has 3 nitrogen and oxygen atoms in total. The van der Waals surface area contributed by atoms with Crippen LogP contribution in [0.1, 0.15) is 43.6 Å². The highest BCUT2D eigenvalue weighted by molar-refractivity contribution is 6.80. The van der Waals surface area contributed by atoms with Gasteiger partial charge in [-0.1, -0.05) is 105 Å². The zero-order valence-electron chi connectivity index (χ0n) is 19.4. The fourth-order valence-electron chi connectivity index (χ4n) is 3.75. The van der Waals surface area contributed by atoms with E-state index in [4.69, 9.17) is 14.6 Å². The van der Waals surface area contributed by atoms with Gasteiger partial charge in [0.25, 0.3) is 0 Å². The smallest absolute Gasteiger partial charge is 0.240 e. The highest BCUT2D eigenvalue weighted by atomic mass is 28.3. The molecule has 0 radical (unpaired) electrons. The van der Waals surface area contributed by atoms with Gasteiger partial charge in [-0.25, -0.2) is 0 Å². The maximum Gasteiger partial charge on any atom is 0.240 e. The van der Waals surface area contributed by atoms with Crippen molar-refractivity contribution in [3.8, 4) is 23.7 Å². The summed E-state index contributed by atoms with van der Waals surface area (Å²) >= 11 is 0. The van der Waals surface area contributed by atoms with Gasteiger partial charge in [0.15, 0.2) is 0 Å². The zero-order chi connectivity index (χ0) is 23.7. The Kier molecular flexibility index (Phi) is 8.66. The average Bonchev–Trinajstić information content (AvgIpc) is 2.82. The molecule has 3 aromatic rings. The van der Waals surface area contributed by atoms with Gasteiger partial charge in [-0.05, 0) is 39.6 Å². The SMILES string of the molecule is CC(C)(C)C(O[SiH](c1ccccc1)c1ccccc1)c1cc(C#CCO)cc(C#CCO)c1. The Labute approximate surface area is 198 Å². The van der Waals surface area contributed by atoms with Crippen LogP contribution in [-0.2, 0) is 4.43 Å². The van der Waals surface area contributed by atoms with Crippen LogP contribution in [0.3, 0.4) is 0 Å². The minimum absolute atomic E-state index is 0.195. The van der Waals surface area contributed by atoms with Gasteiger partial charge in [0.1, 0.15) is 13.2 Å². The Hall–Kier alpha value is -3.12. The summed E-state index contributed by atoms with van der Waals surface area (Å²) < 4.78 is 7.04. The topological polar surface area (TPSA) is 49.7 Å². The first-order chi connectivity index (χ1) is 15.9. The fourth-order valence-corrected chi connectivity index (χ4v) is 6.43. The lowest BCUT2D eigenvalue weighted by Gasteiger charge is -2.35. The molecule has 0 heterocycles. The molecule has 0 saturated heterocycles. The van der Waals surface area contributed by atoms with Crippen molar-refractivity contribution < 1.29 is 14.6 Å². The van der Waals surface area contributed by atoms with E-state index in [2.05, 4.69) is 93.0 Å². The first-order valence-electron chi connectivity index (χ1n) is 11.0. The molecule has 0 fully saturated rings. The van der Waals surface area contributed by atoms with Crippen LogP contribution in [0.5, 0.6) is 0 Å². The highest BCUT2D eigenvalue weighted by Gasteiger charge is 2.32. The van der Waals surface area contributed by atoms with Gasteiger partial charge in [-0.15, -0.1) is 0 Å². The minimum Gasteiger partial charge on any atom is -0.403 e. The predicted octanol–water partition coefficient (Wildman–Crippen LogP) is 3.02. The summed E-state index contributed by atoms with van der Waals surface area (Å²) in [4.78, 5) is 0. The van der Waals surface area contributed by atoms with E-state index >= 15 is 0 Å². The summed E-state index contributed by atoms with van der Waals surface area (Å²) in [7, 11) is -2.01. The fraction of sp³-hybridized carbons (Fsp3) is 0.241. The molecule has 33 heavy (non-hydrogen) atoms. The lowest BCUT2D eigenvalue weighted by molar-refractivity contribution is 0.0897. The average molecular weight is 455 g/mol. The molecule has 168 valence electrons. The van der Waals surface area contributed by atoms with Crippen molar-refractivity contribution in [2.45, 2.75) is 26.9 Å². The van der Waals surface area contributed by atoms with E-state index in [1.54, 1.807) is 0 Å². The largest absolute Gasteiger partial charge is 0.403 e. The summed E-state index contributed by atoms with van der Waals surface area (Å²) in [6, 6.07) is 26.8. The van der Waals surface area contributed by atoms with Crippen LogP contribution >= 0.6 is 0 Å². The number of rotatable bonds is 5. The quantitative estimate of drug-likeness (QED) is 0.460. The number of hydrogen-bond acceptors (Lipinski definition) is 3. The second-order valence-electron chi connectivity index (χ2n) is 8.85. The minimum atomic E-state index is -2.01. The highest BCUT2D eigenvalue weighted by Crippen LogP contribution is 2.37. The molecule has 2 N–H and O–H groups in total. The molecule has 3 aromatic carbocycles. The van der Waals surface area contributed by atoms with Crippen LogP contribution in [0.25, 0.3) is 0 Å². The van der Waals surface area contributed by atoms with E-state index < -0.39 is 9.04 Å². The first-order valence-corrected chi connectivity index (χ1v) is 12.6. The molecule has 0 aliphatic rings. The molecule has 0 aromatic heterocycles. The molecule has 0 aliphatic heterocycles.